The van der Waals surface area contributed by atoms with Crippen LogP contribution in [0.3, 0.4) is 0 Å². The van der Waals surface area contributed by atoms with Crippen LogP contribution in [0, 0.1) is 0 Å². The minimum atomic E-state index is 0.236. The zero-order chi connectivity index (χ0) is 12.4. The lowest BCUT2D eigenvalue weighted by atomic mass is 10.2. The Kier molecular flexibility index (Phi) is 3.25. The fourth-order valence-electron chi connectivity index (χ4n) is 2.50. The molecule has 5 heteroatoms. The first-order chi connectivity index (χ1) is 8.81. The van der Waals surface area contributed by atoms with Gasteiger partial charge in [-0.25, -0.2) is 0 Å². The summed E-state index contributed by atoms with van der Waals surface area (Å²) in [4.78, 5) is 20.7. The molecule has 0 spiro atoms. The fourth-order valence-corrected chi connectivity index (χ4v) is 2.50. The van der Waals surface area contributed by atoms with Crippen LogP contribution in [0.5, 0.6) is 0 Å². The molecule has 0 saturated carbocycles. The van der Waals surface area contributed by atoms with Gasteiger partial charge >= 0.3 is 0 Å². The number of hydrogen-bond donors (Lipinski definition) is 1. The Labute approximate surface area is 107 Å². The van der Waals surface area contributed by atoms with Gasteiger partial charge in [0.05, 0.1) is 17.9 Å². The lowest BCUT2D eigenvalue weighted by molar-refractivity contribution is -0.136. The van der Waals surface area contributed by atoms with Gasteiger partial charge in [-0.05, 0) is 12.1 Å². The van der Waals surface area contributed by atoms with E-state index in [0.29, 0.717) is 6.54 Å². The maximum atomic E-state index is 12.0. The van der Waals surface area contributed by atoms with Crippen LogP contribution >= 0.6 is 0 Å². The van der Waals surface area contributed by atoms with Crippen molar-refractivity contribution in [3.63, 3.8) is 0 Å². The Morgan fingerprint density at radius 2 is 2.00 bits per heavy atom. The third-order valence-corrected chi connectivity index (χ3v) is 3.51. The molecule has 0 aliphatic carbocycles. The molecule has 1 aromatic heterocycles. The first kappa shape index (κ1) is 11.6. The molecule has 4 rings (SSSR count). The summed E-state index contributed by atoms with van der Waals surface area (Å²) in [7, 11) is 0. The average molecular weight is 246 g/mol. The van der Waals surface area contributed by atoms with E-state index in [1.54, 1.807) is 0 Å². The highest BCUT2D eigenvalue weighted by Gasteiger charge is 2.24. The molecule has 5 nitrogen and oxygen atoms in total. The highest BCUT2D eigenvalue weighted by Crippen LogP contribution is 2.09. The Hall–Kier alpha value is -1.46. The van der Waals surface area contributed by atoms with E-state index in [4.69, 9.17) is 0 Å². The van der Waals surface area contributed by atoms with E-state index < -0.39 is 0 Å². The molecule has 1 unspecified atom stereocenters. The second-order valence-corrected chi connectivity index (χ2v) is 4.89. The van der Waals surface area contributed by atoms with Gasteiger partial charge in [-0.15, -0.1) is 0 Å². The van der Waals surface area contributed by atoms with Crippen molar-refractivity contribution in [2.45, 2.75) is 13.1 Å². The van der Waals surface area contributed by atoms with Crippen LogP contribution in [0.1, 0.15) is 11.4 Å². The molecule has 1 atom stereocenters. The van der Waals surface area contributed by atoms with Gasteiger partial charge in [-0.2, -0.15) is 0 Å². The topological polar surface area (TPSA) is 48.5 Å². The third-order valence-electron chi connectivity index (χ3n) is 3.51. The fraction of sp³-hybridized carbons (Fsp3) is 0.538. The SMILES string of the molecule is O=C1CN2CCN1CCNCc1cccc(n1)C2. The van der Waals surface area contributed by atoms with Crippen molar-refractivity contribution in [1.82, 2.24) is 20.1 Å². The van der Waals surface area contributed by atoms with Gasteiger partial charge in [0.25, 0.3) is 0 Å². The number of carbonyl (C=O) groups excluding carboxylic acids is 1. The zero-order valence-electron chi connectivity index (χ0n) is 10.4. The summed E-state index contributed by atoms with van der Waals surface area (Å²) in [6.07, 6.45) is 0. The van der Waals surface area contributed by atoms with Crippen molar-refractivity contribution >= 4 is 5.91 Å². The number of amides is 1. The summed E-state index contributed by atoms with van der Waals surface area (Å²) in [6, 6.07) is 6.12. The van der Waals surface area contributed by atoms with Crippen LogP contribution in [-0.2, 0) is 17.9 Å². The Morgan fingerprint density at radius 1 is 1.11 bits per heavy atom. The van der Waals surface area contributed by atoms with E-state index in [9.17, 15) is 4.79 Å². The number of pyridine rings is 1. The van der Waals surface area contributed by atoms with Crippen LogP contribution in [-0.4, -0.2) is 53.4 Å². The summed E-state index contributed by atoms with van der Waals surface area (Å²) >= 11 is 0. The number of nitrogens with zero attached hydrogens (tertiary/aromatic N) is 3. The smallest absolute Gasteiger partial charge is 0.236 e. The molecule has 0 radical (unpaired) electrons. The summed E-state index contributed by atoms with van der Waals surface area (Å²) in [6.45, 7) is 5.47. The first-order valence-corrected chi connectivity index (χ1v) is 6.47. The van der Waals surface area contributed by atoms with Crippen molar-refractivity contribution in [1.29, 1.82) is 0 Å². The summed E-state index contributed by atoms with van der Waals surface area (Å²) < 4.78 is 0. The largest absolute Gasteiger partial charge is 0.339 e. The maximum absolute atomic E-state index is 12.0. The monoisotopic (exact) mass is 246 g/mol. The minimum absolute atomic E-state index is 0.236. The predicted molar refractivity (Wildman–Crippen MR) is 67.8 cm³/mol. The molecule has 4 heterocycles. The molecule has 3 aliphatic rings. The Morgan fingerprint density at radius 3 is 2.89 bits per heavy atom. The van der Waals surface area contributed by atoms with Crippen LogP contribution in [0.4, 0.5) is 0 Å². The number of nitrogens with one attached hydrogen (secondary N) is 1. The Bertz CT molecular complexity index is 446. The van der Waals surface area contributed by atoms with Crippen LogP contribution in [0.25, 0.3) is 0 Å². The Balaban J connectivity index is 1.83. The number of aromatic nitrogens is 1. The second-order valence-electron chi connectivity index (χ2n) is 4.89. The van der Waals surface area contributed by atoms with E-state index in [-0.39, 0.29) is 5.91 Å². The highest BCUT2D eigenvalue weighted by molar-refractivity contribution is 5.79. The summed E-state index contributed by atoms with van der Waals surface area (Å²) in [5.74, 6) is 0.236. The molecule has 1 saturated heterocycles. The molecule has 1 amide bonds. The molecular weight excluding hydrogens is 228 g/mol. The zero-order valence-corrected chi connectivity index (χ0v) is 10.4. The third kappa shape index (κ3) is 2.52. The van der Waals surface area contributed by atoms with E-state index in [0.717, 1.165) is 50.7 Å². The standard InChI is InChI=1S/C13H18N4O/c18-13-10-16-6-7-17(13)5-4-14-8-11-2-1-3-12(9-16)15-11/h1-3,14H,4-10H2. The number of carbonyl (C=O) groups is 1. The van der Waals surface area contributed by atoms with Crippen molar-refractivity contribution in [3.8, 4) is 0 Å². The van der Waals surface area contributed by atoms with Crippen molar-refractivity contribution in [2.75, 3.05) is 32.7 Å². The predicted octanol–water partition coefficient (Wildman–Crippen LogP) is -0.171. The van der Waals surface area contributed by atoms with E-state index >= 15 is 0 Å². The average Bonchev–Trinajstić information content (AvgIpc) is 2.36. The summed E-state index contributed by atoms with van der Waals surface area (Å²) in [5.41, 5.74) is 2.13. The van der Waals surface area contributed by atoms with E-state index in [2.05, 4.69) is 15.2 Å². The van der Waals surface area contributed by atoms with Gasteiger partial charge in [-0.1, -0.05) is 6.07 Å². The number of hydrogen-bond acceptors (Lipinski definition) is 4. The van der Waals surface area contributed by atoms with Gasteiger partial charge in [0.15, 0.2) is 0 Å². The molecule has 0 aromatic carbocycles. The maximum Gasteiger partial charge on any atom is 0.236 e. The molecular formula is C13H18N4O. The van der Waals surface area contributed by atoms with Gasteiger partial charge in [0.1, 0.15) is 0 Å². The van der Waals surface area contributed by atoms with Gasteiger partial charge < -0.3 is 10.2 Å². The number of rotatable bonds is 0. The lowest BCUT2D eigenvalue weighted by Gasteiger charge is -2.34. The normalized spacial score (nSPS) is 24.6. The quantitative estimate of drug-likeness (QED) is 0.690. The van der Waals surface area contributed by atoms with Gasteiger partial charge in [0, 0.05) is 39.3 Å². The molecule has 4 bridgehead atoms. The van der Waals surface area contributed by atoms with Gasteiger partial charge in [-0.3, -0.25) is 14.7 Å². The molecule has 3 aliphatic heterocycles. The number of piperazine rings is 1. The minimum Gasteiger partial charge on any atom is -0.339 e. The van der Waals surface area contributed by atoms with Crippen molar-refractivity contribution in [2.24, 2.45) is 0 Å². The number of fused-ring (bicyclic) bond motifs is 5. The molecule has 1 N–H and O–H groups in total. The van der Waals surface area contributed by atoms with Gasteiger partial charge in [0.2, 0.25) is 5.91 Å². The first-order valence-electron chi connectivity index (χ1n) is 6.47. The van der Waals surface area contributed by atoms with E-state index in [1.165, 1.54) is 0 Å². The molecule has 1 aromatic rings. The van der Waals surface area contributed by atoms with Crippen molar-refractivity contribution < 1.29 is 4.79 Å². The molecule has 18 heavy (non-hydrogen) atoms. The summed E-state index contributed by atoms with van der Waals surface area (Å²) in [5, 5.41) is 3.34. The molecule has 96 valence electrons. The highest BCUT2D eigenvalue weighted by atomic mass is 16.2. The van der Waals surface area contributed by atoms with Crippen LogP contribution < -0.4 is 5.32 Å². The molecule has 1 fully saturated rings. The second kappa shape index (κ2) is 5.04. The van der Waals surface area contributed by atoms with E-state index in [1.807, 2.05) is 23.1 Å². The van der Waals surface area contributed by atoms with Crippen LogP contribution in [0.15, 0.2) is 18.2 Å². The lowest BCUT2D eigenvalue weighted by Crippen LogP contribution is -2.51. The van der Waals surface area contributed by atoms with Crippen molar-refractivity contribution in [3.05, 3.63) is 29.6 Å². The van der Waals surface area contributed by atoms with Crippen LogP contribution in [0.2, 0.25) is 0 Å².